The van der Waals surface area contributed by atoms with Crippen molar-refractivity contribution >= 4 is 11.9 Å². The molecule has 1 aliphatic carbocycles. The largest absolute Gasteiger partial charge is 0.455 e. The maximum Gasteiger partial charge on any atom is 0.396 e. The molecule has 0 aromatic carbocycles. The number of nitrogens with two attached hydrogens (primary N) is 1. The number of carbonyl (C=O) groups is 2. The Hall–Kier alpha value is -1.06. The highest BCUT2D eigenvalue weighted by Crippen LogP contribution is 2.20. The van der Waals surface area contributed by atoms with E-state index in [9.17, 15) is 9.59 Å². The molecule has 2 N–H and O–H groups in total. The lowest BCUT2D eigenvalue weighted by molar-refractivity contribution is -0.157. The van der Waals surface area contributed by atoms with Gasteiger partial charge in [-0.25, -0.2) is 4.79 Å². The predicted molar refractivity (Wildman–Crippen MR) is 37.5 cm³/mol. The molecule has 1 amide bonds. The second-order valence-corrected chi connectivity index (χ2v) is 2.68. The van der Waals surface area contributed by atoms with Gasteiger partial charge in [0.1, 0.15) is 6.10 Å². The molecular weight excluding hydrogens is 146 g/mol. The molecule has 4 heteroatoms. The molecule has 1 rings (SSSR count). The van der Waals surface area contributed by atoms with E-state index in [1.54, 1.807) is 0 Å². The van der Waals surface area contributed by atoms with Crippen molar-refractivity contribution in [2.45, 2.75) is 31.8 Å². The minimum atomic E-state index is -1.00. The Bertz CT molecular complexity index is 173. The lowest BCUT2D eigenvalue weighted by atomic mass is 10.3. The number of esters is 1. The summed E-state index contributed by atoms with van der Waals surface area (Å²) in [5.41, 5.74) is 4.70. The zero-order chi connectivity index (χ0) is 8.27. The van der Waals surface area contributed by atoms with Gasteiger partial charge in [0.05, 0.1) is 0 Å². The highest BCUT2D eigenvalue weighted by Gasteiger charge is 2.21. The first-order valence-corrected chi connectivity index (χ1v) is 3.70. The summed E-state index contributed by atoms with van der Waals surface area (Å²) in [4.78, 5) is 20.8. The van der Waals surface area contributed by atoms with Crippen LogP contribution in [0.5, 0.6) is 0 Å². The van der Waals surface area contributed by atoms with E-state index in [4.69, 9.17) is 10.5 Å². The number of ether oxygens (including phenoxy) is 1. The van der Waals surface area contributed by atoms with Gasteiger partial charge in [0.15, 0.2) is 0 Å². The van der Waals surface area contributed by atoms with Gasteiger partial charge in [0, 0.05) is 0 Å². The van der Waals surface area contributed by atoms with Crippen molar-refractivity contribution in [1.82, 2.24) is 0 Å². The summed E-state index contributed by atoms with van der Waals surface area (Å²) in [6.07, 6.45) is 3.78. The molecule has 0 heterocycles. The number of hydrogen-bond acceptors (Lipinski definition) is 3. The Labute approximate surface area is 64.7 Å². The van der Waals surface area contributed by atoms with E-state index in [1.807, 2.05) is 0 Å². The SMILES string of the molecule is NC(=O)C(=O)OC1CCCC1. The van der Waals surface area contributed by atoms with Crippen LogP contribution in [0, 0.1) is 0 Å². The summed E-state index contributed by atoms with van der Waals surface area (Å²) >= 11 is 0. The van der Waals surface area contributed by atoms with Crippen LogP contribution in [-0.4, -0.2) is 18.0 Å². The Morgan fingerprint density at radius 2 is 1.82 bits per heavy atom. The first kappa shape index (κ1) is 8.04. The van der Waals surface area contributed by atoms with E-state index < -0.39 is 11.9 Å². The standard InChI is InChI=1S/C7H11NO3/c8-6(9)7(10)11-5-3-1-2-4-5/h5H,1-4H2,(H2,8,9). The van der Waals surface area contributed by atoms with Crippen LogP contribution in [0.4, 0.5) is 0 Å². The number of primary amides is 1. The maximum atomic E-state index is 10.6. The molecular formula is C7H11NO3. The lowest BCUT2D eigenvalue weighted by Crippen LogP contribution is -2.28. The zero-order valence-electron chi connectivity index (χ0n) is 6.21. The predicted octanol–water partition coefficient (Wildman–Crippen LogP) is -0.0425. The fourth-order valence-electron chi connectivity index (χ4n) is 1.22. The summed E-state index contributed by atoms with van der Waals surface area (Å²) < 4.78 is 4.76. The zero-order valence-corrected chi connectivity index (χ0v) is 6.21. The normalized spacial score (nSPS) is 18.2. The third-order valence-corrected chi connectivity index (χ3v) is 1.78. The number of hydrogen-bond donors (Lipinski definition) is 1. The number of carbonyl (C=O) groups excluding carboxylic acids is 2. The number of rotatable bonds is 1. The Morgan fingerprint density at radius 3 is 2.27 bits per heavy atom. The third-order valence-electron chi connectivity index (χ3n) is 1.78. The average molecular weight is 157 g/mol. The van der Waals surface area contributed by atoms with E-state index in [0.29, 0.717) is 0 Å². The molecule has 0 aromatic heterocycles. The second-order valence-electron chi connectivity index (χ2n) is 2.68. The highest BCUT2D eigenvalue weighted by atomic mass is 16.5. The average Bonchev–Trinajstić information content (AvgIpc) is 2.39. The molecule has 62 valence electrons. The van der Waals surface area contributed by atoms with E-state index in [0.717, 1.165) is 25.7 Å². The molecule has 1 saturated carbocycles. The molecule has 1 aliphatic rings. The summed E-state index contributed by atoms with van der Waals surface area (Å²) in [6.45, 7) is 0. The van der Waals surface area contributed by atoms with Crippen LogP contribution in [0.3, 0.4) is 0 Å². The van der Waals surface area contributed by atoms with Crippen LogP contribution >= 0.6 is 0 Å². The van der Waals surface area contributed by atoms with Crippen molar-refractivity contribution in [2.24, 2.45) is 5.73 Å². The van der Waals surface area contributed by atoms with Crippen LogP contribution in [0.15, 0.2) is 0 Å². The van der Waals surface area contributed by atoms with Crippen LogP contribution in [-0.2, 0) is 14.3 Å². The Morgan fingerprint density at radius 1 is 1.27 bits per heavy atom. The van der Waals surface area contributed by atoms with Crippen LogP contribution in [0.25, 0.3) is 0 Å². The number of amides is 1. The summed E-state index contributed by atoms with van der Waals surface area (Å²) in [5.74, 6) is -1.91. The first-order valence-electron chi connectivity index (χ1n) is 3.70. The van der Waals surface area contributed by atoms with Crippen molar-refractivity contribution in [3.8, 4) is 0 Å². The molecule has 0 atom stereocenters. The van der Waals surface area contributed by atoms with Gasteiger partial charge in [-0.15, -0.1) is 0 Å². The maximum absolute atomic E-state index is 10.6. The first-order chi connectivity index (χ1) is 5.20. The van der Waals surface area contributed by atoms with Gasteiger partial charge in [-0.3, -0.25) is 4.79 Å². The molecule has 0 spiro atoms. The second kappa shape index (κ2) is 3.37. The third kappa shape index (κ3) is 2.22. The van der Waals surface area contributed by atoms with Crippen LogP contribution in [0.2, 0.25) is 0 Å². The van der Waals surface area contributed by atoms with Gasteiger partial charge in [0.2, 0.25) is 0 Å². The van der Waals surface area contributed by atoms with Crippen molar-refractivity contribution in [3.05, 3.63) is 0 Å². The van der Waals surface area contributed by atoms with Crippen molar-refractivity contribution in [3.63, 3.8) is 0 Å². The quantitative estimate of drug-likeness (QED) is 0.429. The van der Waals surface area contributed by atoms with Crippen molar-refractivity contribution in [2.75, 3.05) is 0 Å². The molecule has 4 nitrogen and oxygen atoms in total. The van der Waals surface area contributed by atoms with Crippen molar-refractivity contribution in [1.29, 1.82) is 0 Å². The van der Waals surface area contributed by atoms with Gasteiger partial charge in [-0.1, -0.05) is 0 Å². The van der Waals surface area contributed by atoms with Crippen LogP contribution < -0.4 is 5.73 Å². The monoisotopic (exact) mass is 157 g/mol. The summed E-state index contributed by atoms with van der Waals surface area (Å²) in [6, 6.07) is 0. The molecule has 0 aromatic rings. The summed E-state index contributed by atoms with van der Waals surface area (Å²) in [7, 11) is 0. The molecule has 1 fully saturated rings. The molecule has 0 saturated heterocycles. The molecule has 0 aliphatic heterocycles. The molecule has 0 radical (unpaired) electrons. The molecule has 0 bridgehead atoms. The molecule has 11 heavy (non-hydrogen) atoms. The Kier molecular flexibility index (Phi) is 2.46. The van der Waals surface area contributed by atoms with Crippen LogP contribution in [0.1, 0.15) is 25.7 Å². The van der Waals surface area contributed by atoms with Gasteiger partial charge >= 0.3 is 11.9 Å². The fraction of sp³-hybridized carbons (Fsp3) is 0.714. The smallest absolute Gasteiger partial charge is 0.396 e. The Balaban J connectivity index is 2.29. The fourth-order valence-corrected chi connectivity index (χ4v) is 1.22. The van der Waals surface area contributed by atoms with E-state index in [2.05, 4.69) is 0 Å². The topological polar surface area (TPSA) is 69.4 Å². The highest BCUT2D eigenvalue weighted by molar-refractivity contribution is 6.31. The van der Waals surface area contributed by atoms with Gasteiger partial charge in [0.25, 0.3) is 0 Å². The van der Waals surface area contributed by atoms with E-state index in [1.165, 1.54) is 0 Å². The summed E-state index contributed by atoms with van der Waals surface area (Å²) in [5, 5.41) is 0. The van der Waals surface area contributed by atoms with Crippen molar-refractivity contribution < 1.29 is 14.3 Å². The lowest BCUT2D eigenvalue weighted by Gasteiger charge is -2.08. The van der Waals surface area contributed by atoms with E-state index in [-0.39, 0.29) is 6.10 Å². The minimum absolute atomic E-state index is 0.0741. The van der Waals surface area contributed by atoms with Gasteiger partial charge < -0.3 is 10.5 Å². The van der Waals surface area contributed by atoms with Gasteiger partial charge in [-0.05, 0) is 25.7 Å². The minimum Gasteiger partial charge on any atom is -0.455 e. The van der Waals surface area contributed by atoms with E-state index >= 15 is 0 Å². The molecule has 0 unspecified atom stereocenters. The van der Waals surface area contributed by atoms with Gasteiger partial charge in [-0.2, -0.15) is 0 Å².